The fourth-order valence-electron chi connectivity index (χ4n) is 3.19. The van der Waals surface area contributed by atoms with Crippen LogP contribution in [0.4, 0.5) is 0 Å². The van der Waals surface area contributed by atoms with Crippen LogP contribution >= 0.6 is 0 Å². The Bertz CT molecular complexity index is 163. The summed E-state index contributed by atoms with van der Waals surface area (Å²) in [5.74, 6) is 2.64. The molecule has 2 rings (SSSR count). The third kappa shape index (κ3) is 2.92. The molecule has 0 radical (unpaired) electrons. The molecule has 1 aliphatic carbocycles. The molecule has 1 saturated heterocycles. The van der Waals surface area contributed by atoms with Crippen molar-refractivity contribution in [3.05, 3.63) is 0 Å². The van der Waals surface area contributed by atoms with Gasteiger partial charge in [-0.05, 0) is 55.3 Å². The lowest BCUT2D eigenvalue weighted by Gasteiger charge is -2.17. The average Bonchev–Trinajstić information content (AvgIpc) is 2.34. The third-order valence-electron chi connectivity index (χ3n) is 4.17. The molecule has 1 heterocycles. The first-order chi connectivity index (χ1) is 6.86. The van der Waals surface area contributed by atoms with E-state index in [1.165, 1.54) is 25.7 Å². The lowest BCUT2D eigenvalue weighted by atomic mass is 9.93. The van der Waals surface area contributed by atoms with Crippen molar-refractivity contribution < 1.29 is 0 Å². The molecular formula is C13H25S+. The maximum Gasteiger partial charge on any atom is 0.118 e. The largest absolute Gasteiger partial charge is 0.118 e. The van der Waals surface area contributed by atoms with Crippen molar-refractivity contribution in [2.45, 2.75) is 63.0 Å². The van der Waals surface area contributed by atoms with Crippen LogP contribution in [0.15, 0.2) is 0 Å². The highest BCUT2D eigenvalue weighted by atomic mass is 32.2. The predicted molar refractivity (Wildman–Crippen MR) is 67.0 cm³/mol. The Morgan fingerprint density at radius 2 is 1.43 bits per heavy atom. The first kappa shape index (κ1) is 10.9. The molecule has 2 fully saturated rings. The Labute approximate surface area is 92.2 Å². The number of rotatable bonds is 0. The summed E-state index contributed by atoms with van der Waals surface area (Å²) >= 11 is 0. The molecule has 82 valence electrons. The van der Waals surface area contributed by atoms with Crippen LogP contribution in [0.3, 0.4) is 0 Å². The molecular weight excluding hydrogens is 188 g/mol. The molecule has 1 aliphatic heterocycles. The minimum atomic E-state index is 0.751. The lowest BCUT2D eigenvalue weighted by Crippen LogP contribution is -2.23. The summed E-state index contributed by atoms with van der Waals surface area (Å²) in [6.45, 7) is 0. The quantitative estimate of drug-likeness (QED) is 0.538. The highest BCUT2D eigenvalue weighted by Crippen LogP contribution is 2.31. The van der Waals surface area contributed by atoms with E-state index in [0.717, 1.165) is 22.1 Å². The van der Waals surface area contributed by atoms with Gasteiger partial charge in [0.1, 0.15) is 11.0 Å². The molecule has 14 heavy (non-hydrogen) atoms. The van der Waals surface area contributed by atoms with Crippen LogP contribution < -0.4 is 0 Å². The summed E-state index contributed by atoms with van der Waals surface area (Å²) in [6, 6.07) is 0. The summed E-state index contributed by atoms with van der Waals surface area (Å²) in [7, 11) is 0.751. The zero-order valence-electron chi connectivity index (χ0n) is 9.63. The van der Waals surface area contributed by atoms with Gasteiger partial charge in [0.05, 0.1) is 6.26 Å². The molecule has 0 N–H and O–H groups in total. The maximum absolute atomic E-state index is 2.53. The van der Waals surface area contributed by atoms with Crippen molar-refractivity contribution in [3.8, 4) is 0 Å². The van der Waals surface area contributed by atoms with Gasteiger partial charge in [0.2, 0.25) is 0 Å². The van der Waals surface area contributed by atoms with Crippen LogP contribution in [0.5, 0.6) is 0 Å². The Balaban J connectivity index is 2.01. The molecule has 0 aromatic carbocycles. The molecule has 0 spiro atoms. The van der Waals surface area contributed by atoms with Crippen LogP contribution in [-0.4, -0.2) is 17.3 Å². The summed E-state index contributed by atoms with van der Waals surface area (Å²) in [4.78, 5) is 0. The zero-order valence-corrected chi connectivity index (χ0v) is 10.5. The fourth-order valence-corrected chi connectivity index (χ4v) is 5.28. The first-order valence-corrected chi connectivity index (χ1v) is 8.34. The number of fused-ring (bicyclic) bond motifs is 4. The highest BCUT2D eigenvalue weighted by molar-refractivity contribution is 7.96. The molecule has 3 atom stereocenters. The minimum Gasteiger partial charge on any atom is -0.0529 e. The standard InChI is InChI=1S/C13H25S/c1-14-11-5-8-12-6-2-3-9-13(14)10-4-7-12/h12-13H,2-11H2,1H3/q+1. The monoisotopic (exact) mass is 213 g/mol. The Morgan fingerprint density at radius 3 is 2.36 bits per heavy atom. The van der Waals surface area contributed by atoms with Crippen LogP contribution in [0.2, 0.25) is 0 Å². The Kier molecular flexibility index (Phi) is 4.22. The van der Waals surface area contributed by atoms with Crippen molar-refractivity contribution in [1.29, 1.82) is 0 Å². The van der Waals surface area contributed by atoms with E-state index in [0.29, 0.717) is 0 Å². The van der Waals surface area contributed by atoms with E-state index in [4.69, 9.17) is 0 Å². The molecule has 0 aromatic rings. The summed E-state index contributed by atoms with van der Waals surface area (Å²) in [6.07, 6.45) is 16.4. The summed E-state index contributed by atoms with van der Waals surface area (Å²) in [5.41, 5.74) is 0. The SMILES string of the molecule is C[S+]1CCCC2CCCCC1CCC2. The van der Waals surface area contributed by atoms with E-state index in [9.17, 15) is 0 Å². The molecule has 3 unspecified atom stereocenters. The molecule has 0 aromatic heterocycles. The average molecular weight is 213 g/mol. The van der Waals surface area contributed by atoms with E-state index < -0.39 is 0 Å². The molecule has 0 amide bonds. The van der Waals surface area contributed by atoms with Crippen molar-refractivity contribution in [3.63, 3.8) is 0 Å². The van der Waals surface area contributed by atoms with Gasteiger partial charge < -0.3 is 0 Å². The minimum absolute atomic E-state index is 0.751. The van der Waals surface area contributed by atoms with Gasteiger partial charge in [-0.25, -0.2) is 0 Å². The van der Waals surface area contributed by atoms with Gasteiger partial charge in [-0.3, -0.25) is 0 Å². The smallest absolute Gasteiger partial charge is 0.0529 e. The molecule has 2 aliphatic rings. The fraction of sp³-hybridized carbons (Fsp3) is 1.00. The van der Waals surface area contributed by atoms with E-state index >= 15 is 0 Å². The van der Waals surface area contributed by atoms with Gasteiger partial charge in [-0.2, -0.15) is 0 Å². The van der Waals surface area contributed by atoms with Crippen molar-refractivity contribution in [2.24, 2.45) is 5.92 Å². The van der Waals surface area contributed by atoms with E-state index in [2.05, 4.69) is 6.26 Å². The predicted octanol–water partition coefficient (Wildman–Crippen LogP) is 3.76. The molecule has 2 bridgehead atoms. The van der Waals surface area contributed by atoms with Crippen LogP contribution in [0, 0.1) is 5.92 Å². The summed E-state index contributed by atoms with van der Waals surface area (Å²) < 4.78 is 0. The normalized spacial score (nSPS) is 40.5. The Morgan fingerprint density at radius 1 is 0.786 bits per heavy atom. The van der Waals surface area contributed by atoms with Crippen LogP contribution in [0.1, 0.15) is 57.8 Å². The second-order valence-electron chi connectivity index (χ2n) is 5.24. The van der Waals surface area contributed by atoms with Crippen molar-refractivity contribution in [2.75, 3.05) is 12.0 Å². The third-order valence-corrected chi connectivity index (χ3v) is 6.72. The van der Waals surface area contributed by atoms with Gasteiger partial charge in [-0.15, -0.1) is 0 Å². The second kappa shape index (κ2) is 5.44. The lowest BCUT2D eigenvalue weighted by molar-refractivity contribution is 0.399. The van der Waals surface area contributed by atoms with Gasteiger partial charge in [0.15, 0.2) is 0 Å². The molecule has 1 heteroatoms. The van der Waals surface area contributed by atoms with Crippen LogP contribution in [0.25, 0.3) is 0 Å². The summed E-state index contributed by atoms with van der Waals surface area (Å²) in [5, 5.41) is 1.10. The van der Waals surface area contributed by atoms with Gasteiger partial charge in [-0.1, -0.05) is 19.3 Å². The molecule has 1 saturated carbocycles. The van der Waals surface area contributed by atoms with Crippen molar-refractivity contribution in [1.82, 2.24) is 0 Å². The zero-order chi connectivity index (χ0) is 9.80. The van der Waals surface area contributed by atoms with E-state index in [1.807, 2.05) is 0 Å². The molecule has 0 nitrogen and oxygen atoms in total. The van der Waals surface area contributed by atoms with Gasteiger partial charge >= 0.3 is 0 Å². The first-order valence-electron chi connectivity index (χ1n) is 6.47. The Hall–Kier alpha value is 0.350. The van der Waals surface area contributed by atoms with Gasteiger partial charge in [0, 0.05) is 0 Å². The van der Waals surface area contributed by atoms with Crippen molar-refractivity contribution >= 4 is 10.9 Å². The number of hydrogen-bond acceptors (Lipinski definition) is 0. The van der Waals surface area contributed by atoms with E-state index in [-0.39, 0.29) is 0 Å². The second-order valence-corrected chi connectivity index (χ2v) is 7.70. The van der Waals surface area contributed by atoms with Crippen LogP contribution in [-0.2, 0) is 10.9 Å². The highest BCUT2D eigenvalue weighted by Gasteiger charge is 2.28. The maximum atomic E-state index is 2.53. The number of hydrogen-bond donors (Lipinski definition) is 0. The topological polar surface area (TPSA) is 0 Å². The van der Waals surface area contributed by atoms with Gasteiger partial charge in [0.25, 0.3) is 0 Å². The van der Waals surface area contributed by atoms with E-state index in [1.54, 1.807) is 37.9 Å².